The molecular formula is C20H23N3O2S. The Kier molecular flexibility index (Phi) is 6.07. The molecule has 1 saturated carbocycles. The number of thiocarbonyl (C=S) groups is 1. The Labute approximate surface area is 159 Å². The van der Waals surface area contributed by atoms with Crippen molar-refractivity contribution in [2.45, 2.75) is 31.7 Å². The molecule has 26 heavy (non-hydrogen) atoms. The van der Waals surface area contributed by atoms with Crippen molar-refractivity contribution >= 4 is 34.7 Å². The Balaban J connectivity index is 1.64. The molecule has 0 unspecified atom stereocenters. The van der Waals surface area contributed by atoms with Gasteiger partial charge in [0, 0.05) is 6.04 Å². The second-order valence-corrected chi connectivity index (χ2v) is 6.89. The van der Waals surface area contributed by atoms with E-state index in [0.717, 1.165) is 24.2 Å². The number of hydrogen-bond donors (Lipinski definition) is 3. The highest BCUT2D eigenvalue weighted by molar-refractivity contribution is 7.80. The number of hydrazine groups is 1. The lowest BCUT2D eigenvalue weighted by Gasteiger charge is -2.31. The summed E-state index contributed by atoms with van der Waals surface area (Å²) in [7, 11) is 0. The minimum atomic E-state index is -0.691. The molecule has 0 saturated heterocycles. The quantitative estimate of drug-likeness (QED) is 0.550. The predicted molar refractivity (Wildman–Crippen MR) is 107 cm³/mol. The molecule has 0 bridgehead atoms. The largest absolute Gasteiger partial charge is 0.481 e. The molecule has 1 fully saturated rings. The van der Waals surface area contributed by atoms with Crippen molar-refractivity contribution in [3.8, 4) is 0 Å². The van der Waals surface area contributed by atoms with Gasteiger partial charge in [-0.1, -0.05) is 36.4 Å². The van der Waals surface area contributed by atoms with Gasteiger partial charge in [-0.25, -0.2) is 0 Å². The molecule has 5 nitrogen and oxygen atoms in total. The summed E-state index contributed by atoms with van der Waals surface area (Å²) in [4.78, 5) is 11.1. The summed E-state index contributed by atoms with van der Waals surface area (Å²) in [5.74, 6) is -0.914. The van der Waals surface area contributed by atoms with Gasteiger partial charge in [0.25, 0.3) is 0 Å². The minimum absolute atomic E-state index is 0.207. The molecule has 2 aromatic rings. The van der Waals surface area contributed by atoms with E-state index < -0.39 is 5.97 Å². The minimum Gasteiger partial charge on any atom is -0.481 e. The van der Waals surface area contributed by atoms with E-state index >= 15 is 0 Å². The third-order valence-corrected chi connectivity index (χ3v) is 4.86. The zero-order valence-electron chi connectivity index (χ0n) is 14.5. The Bertz CT molecular complexity index is 692. The molecule has 0 spiro atoms. The first-order chi connectivity index (χ1) is 12.6. The lowest BCUT2D eigenvalue weighted by atomic mass is 9.86. The number of carboxylic acid groups (broad SMARTS) is 1. The molecule has 0 atom stereocenters. The first kappa shape index (κ1) is 18.2. The van der Waals surface area contributed by atoms with Gasteiger partial charge in [-0.05, 0) is 62.2 Å². The highest BCUT2D eigenvalue weighted by Crippen LogP contribution is 2.25. The summed E-state index contributed by atoms with van der Waals surface area (Å²) in [5.41, 5.74) is 5.24. The lowest BCUT2D eigenvalue weighted by Crippen LogP contribution is -2.49. The number of aliphatic carboxylic acids is 1. The number of hydrogen-bond acceptors (Lipinski definition) is 3. The highest BCUT2D eigenvalue weighted by Gasteiger charge is 2.26. The molecule has 1 aliphatic rings. The molecular weight excluding hydrogens is 346 g/mol. The van der Waals surface area contributed by atoms with E-state index in [4.69, 9.17) is 17.3 Å². The maximum absolute atomic E-state index is 11.1. The van der Waals surface area contributed by atoms with Crippen molar-refractivity contribution in [2.75, 3.05) is 5.01 Å². The summed E-state index contributed by atoms with van der Waals surface area (Å²) in [6, 6.07) is 20.1. The Hall–Kier alpha value is -2.60. The van der Waals surface area contributed by atoms with Crippen LogP contribution in [0.4, 0.5) is 11.4 Å². The molecule has 0 heterocycles. The van der Waals surface area contributed by atoms with Crippen LogP contribution >= 0.6 is 12.2 Å². The number of rotatable bonds is 5. The highest BCUT2D eigenvalue weighted by atomic mass is 32.1. The van der Waals surface area contributed by atoms with Gasteiger partial charge in [-0.15, -0.1) is 0 Å². The zero-order valence-corrected chi connectivity index (χ0v) is 15.3. The Morgan fingerprint density at radius 1 is 0.923 bits per heavy atom. The summed E-state index contributed by atoms with van der Waals surface area (Å²) >= 11 is 5.51. The van der Waals surface area contributed by atoms with Crippen LogP contribution in [0.1, 0.15) is 25.7 Å². The van der Waals surface area contributed by atoms with Crippen LogP contribution in [0.2, 0.25) is 0 Å². The second kappa shape index (κ2) is 8.67. The Morgan fingerprint density at radius 2 is 1.42 bits per heavy atom. The van der Waals surface area contributed by atoms with Crippen molar-refractivity contribution < 1.29 is 9.90 Å². The van der Waals surface area contributed by atoms with Crippen LogP contribution in [0.5, 0.6) is 0 Å². The maximum atomic E-state index is 11.1. The molecule has 0 aliphatic heterocycles. The van der Waals surface area contributed by atoms with E-state index in [1.165, 1.54) is 0 Å². The van der Waals surface area contributed by atoms with Crippen LogP contribution in [0.25, 0.3) is 0 Å². The smallest absolute Gasteiger partial charge is 0.306 e. The van der Waals surface area contributed by atoms with Crippen molar-refractivity contribution in [1.29, 1.82) is 0 Å². The molecule has 3 rings (SSSR count). The number of anilines is 2. The fraction of sp³-hybridized carbons (Fsp3) is 0.300. The summed E-state index contributed by atoms with van der Waals surface area (Å²) in [5, 5.41) is 14.9. The lowest BCUT2D eigenvalue weighted by molar-refractivity contribution is -0.142. The van der Waals surface area contributed by atoms with Crippen molar-refractivity contribution in [3.05, 3.63) is 60.7 Å². The Morgan fingerprint density at radius 3 is 1.88 bits per heavy atom. The first-order valence-corrected chi connectivity index (χ1v) is 9.24. The summed E-state index contributed by atoms with van der Waals surface area (Å²) < 4.78 is 0. The fourth-order valence-corrected chi connectivity index (χ4v) is 3.49. The first-order valence-electron chi connectivity index (χ1n) is 8.83. The van der Waals surface area contributed by atoms with E-state index in [0.29, 0.717) is 18.0 Å². The molecule has 136 valence electrons. The second-order valence-electron chi connectivity index (χ2n) is 6.48. The summed E-state index contributed by atoms with van der Waals surface area (Å²) in [6.07, 6.45) is 3.01. The number of carboxylic acids is 1. The normalized spacial score (nSPS) is 19.4. The third-order valence-electron chi connectivity index (χ3n) is 4.65. The number of carbonyl (C=O) groups is 1. The van der Waals surface area contributed by atoms with Crippen LogP contribution in [0.15, 0.2) is 60.7 Å². The van der Waals surface area contributed by atoms with Crippen LogP contribution < -0.4 is 15.8 Å². The zero-order chi connectivity index (χ0) is 18.4. The predicted octanol–water partition coefficient (Wildman–Crippen LogP) is 3.85. The van der Waals surface area contributed by atoms with E-state index in [-0.39, 0.29) is 12.0 Å². The number of para-hydroxylation sites is 2. The summed E-state index contributed by atoms with van der Waals surface area (Å²) in [6.45, 7) is 0. The third kappa shape index (κ3) is 4.73. The van der Waals surface area contributed by atoms with Gasteiger partial charge < -0.3 is 10.4 Å². The van der Waals surface area contributed by atoms with Crippen molar-refractivity contribution in [2.24, 2.45) is 5.92 Å². The van der Waals surface area contributed by atoms with Gasteiger partial charge >= 0.3 is 5.97 Å². The molecule has 6 heteroatoms. The van der Waals surface area contributed by atoms with E-state index in [9.17, 15) is 4.79 Å². The number of benzene rings is 2. The average molecular weight is 369 g/mol. The van der Waals surface area contributed by atoms with Crippen LogP contribution in [-0.2, 0) is 4.79 Å². The molecule has 0 aromatic heterocycles. The fourth-order valence-electron chi connectivity index (χ4n) is 3.24. The van der Waals surface area contributed by atoms with Gasteiger partial charge in [0.2, 0.25) is 0 Å². The molecule has 3 N–H and O–H groups in total. The van der Waals surface area contributed by atoms with Gasteiger partial charge in [-0.3, -0.25) is 15.2 Å². The molecule has 1 aliphatic carbocycles. The van der Waals surface area contributed by atoms with Crippen molar-refractivity contribution in [1.82, 2.24) is 10.7 Å². The molecule has 2 aromatic carbocycles. The van der Waals surface area contributed by atoms with Crippen LogP contribution in [0, 0.1) is 5.92 Å². The van der Waals surface area contributed by atoms with E-state index in [1.54, 1.807) is 0 Å². The SMILES string of the molecule is O=C(O)[C@H]1CC[C@@H](NC(=S)NN(c2ccccc2)c2ccccc2)CC1. The number of nitrogens with one attached hydrogen (secondary N) is 2. The molecule has 0 amide bonds. The van der Waals surface area contributed by atoms with Crippen molar-refractivity contribution in [3.63, 3.8) is 0 Å². The topological polar surface area (TPSA) is 64.6 Å². The van der Waals surface area contributed by atoms with Crippen LogP contribution in [-0.4, -0.2) is 22.2 Å². The van der Waals surface area contributed by atoms with Gasteiger partial charge in [0.1, 0.15) is 0 Å². The van der Waals surface area contributed by atoms with Gasteiger partial charge in [0.15, 0.2) is 5.11 Å². The van der Waals surface area contributed by atoms with Crippen LogP contribution in [0.3, 0.4) is 0 Å². The van der Waals surface area contributed by atoms with Gasteiger partial charge in [0.05, 0.1) is 17.3 Å². The standard InChI is InChI=1S/C20H23N3O2S/c24-19(25)15-11-13-16(14-12-15)21-20(26)22-23(17-7-3-1-4-8-17)18-9-5-2-6-10-18/h1-10,15-16H,11-14H2,(H,24,25)(H2,21,22,26)/t15-,16+. The van der Waals surface area contributed by atoms with E-state index in [2.05, 4.69) is 10.7 Å². The molecule has 0 radical (unpaired) electrons. The monoisotopic (exact) mass is 369 g/mol. The number of nitrogens with zero attached hydrogens (tertiary/aromatic N) is 1. The average Bonchev–Trinajstić information content (AvgIpc) is 2.68. The maximum Gasteiger partial charge on any atom is 0.306 e. The van der Waals surface area contributed by atoms with Gasteiger partial charge in [-0.2, -0.15) is 0 Å². The van der Waals surface area contributed by atoms with E-state index in [1.807, 2.05) is 65.7 Å².